The Morgan fingerprint density at radius 3 is 2.52 bits per heavy atom. The van der Waals surface area contributed by atoms with Crippen LogP contribution in [0.3, 0.4) is 0 Å². The predicted octanol–water partition coefficient (Wildman–Crippen LogP) is 5.63. The number of nitrogens with one attached hydrogen (secondary N) is 1. The molecule has 3 aromatic rings. The number of hydrogen-bond acceptors (Lipinski definition) is 2. The number of imidazole rings is 1. The molecule has 1 N–H and O–H groups in total. The van der Waals surface area contributed by atoms with Crippen LogP contribution < -0.4 is 5.32 Å². The molecule has 3 heteroatoms. The van der Waals surface area contributed by atoms with Gasteiger partial charge in [-0.05, 0) is 55.7 Å². The number of rotatable bonds is 3. The first-order valence-corrected chi connectivity index (χ1v) is 10.1. The van der Waals surface area contributed by atoms with Gasteiger partial charge in [-0.1, -0.05) is 55.8 Å². The van der Waals surface area contributed by atoms with E-state index in [1.165, 1.54) is 42.3 Å². The smallest absolute Gasteiger partial charge is 0.0955 e. The summed E-state index contributed by atoms with van der Waals surface area (Å²) in [5.74, 6) is 0. The molecule has 4 rings (SSSR count). The minimum Gasteiger partial charge on any atom is -0.334 e. The summed E-state index contributed by atoms with van der Waals surface area (Å²) in [7, 11) is 2.00. The van der Waals surface area contributed by atoms with E-state index in [0.29, 0.717) is 5.41 Å². The monoisotopic (exact) mass is 363 g/mol. The van der Waals surface area contributed by atoms with Gasteiger partial charge >= 0.3 is 0 Å². The van der Waals surface area contributed by atoms with Crippen molar-refractivity contribution in [2.24, 2.45) is 12.5 Å². The lowest BCUT2D eigenvalue weighted by Gasteiger charge is -2.34. The van der Waals surface area contributed by atoms with Crippen LogP contribution in [0, 0.1) is 12.3 Å². The van der Waals surface area contributed by atoms with Crippen LogP contribution in [0.1, 0.15) is 50.7 Å². The van der Waals surface area contributed by atoms with E-state index in [1.54, 1.807) is 0 Å². The maximum Gasteiger partial charge on any atom is 0.0955 e. The summed E-state index contributed by atoms with van der Waals surface area (Å²) in [4.78, 5) is 4.18. The predicted molar refractivity (Wildman–Crippen MR) is 115 cm³/mol. The Morgan fingerprint density at radius 2 is 1.81 bits per heavy atom. The molecule has 2 aromatic carbocycles. The van der Waals surface area contributed by atoms with E-state index in [2.05, 4.69) is 61.4 Å². The summed E-state index contributed by atoms with van der Waals surface area (Å²) in [5, 5.41) is 3.70. The van der Waals surface area contributed by atoms with Crippen molar-refractivity contribution < 1.29 is 0 Å². The number of aryl methyl sites for hydroxylation is 2. The van der Waals surface area contributed by atoms with E-state index >= 15 is 0 Å². The van der Waals surface area contributed by atoms with Gasteiger partial charge in [0.2, 0.25) is 0 Å². The van der Waals surface area contributed by atoms with E-state index in [9.17, 15) is 0 Å². The Labute approximate surface area is 163 Å². The van der Waals surface area contributed by atoms with E-state index in [1.807, 2.05) is 36.1 Å². The molecule has 3 nitrogen and oxygen atoms in total. The van der Waals surface area contributed by atoms with Crippen molar-refractivity contribution in [3.63, 3.8) is 0 Å². The Balaban J connectivity index is 0.000000177. The van der Waals surface area contributed by atoms with E-state index < -0.39 is 0 Å². The van der Waals surface area contributed by atoms with Crippen LogP contribution in [0.25, 0.3) is 11.0 Å². The highest BCUT2D eigenvalue weighted by Crippen LogP contribution is 2.35. The minimum atomic E-state index is 0.571. The molecular weight excluding hydrogens is 330 g/mol. The van der Waals surface area contributed by atoms with Crippen molar-refractivity contribution in [3.05, 3.63) is 66.0 Å². The molecule has 1 aliphatic rings. The molecule has 1 aromatic heterocycles. The molecule has 0 atom stereocenters. The number of para-hydroxylation sites is 2. The fraction of sp³-hybridized carbons (Fsp3) is 0.458. The average Bonchev–Trinajstić information content (AvgIpc) is 3.03. The molecule has 1 heterocycles. The van der Waals surface area contributed by atoms with Crippen LogP contribution in [0.15, 0.2) is 54.9 Å². The highest BCUT2D eigenvalue weighted by atomic mass is 15.0. The maximum absolute atomic E-state index is 4.18. The quantitative estimate of drug-likeness (QED) is 0.654. The zero-order valence-corrected chi connectivity index (χ0v) is 17.2. The van der Waals surface area contributed by atoms with Gasteiger partial charge in [-0.25, -0.2) is 4.98 Å². The Bertz CT molecular complexity index is 853. The summed E-state index contributed by atoms with van der Waals surface area (Å²) in [6.45, 7) is 7.97. The third-order valence-corrected chi connectivity index (χ3v) is 5.65. The van der Waals surface area contributed by atoms with E-state index in [0.717, 1.165) is 18.1 Å². The number of aromatic nitrogens is 2. The molecule has 0 amide bonds. The fourth-order valence-corrected chi connectivity index (χ4v) is 3.77. The molecule has 0 aliphatic heterocycles. The first-order valence-electron chi connectivity index (χ1n) is 10.1. The molecule has 0 radical (unpaired) electrons. The topological polar surface area (TPSA) is 29.9 Å². The van der Waals surface area contributed by atoms with Crippen molar-refractivity contribution in [3.8, 4) is 0 Å². The van der Waals surface area contributed by atoms with Gasteiger partial charge in [0.25, 0.3) is 0 Å². The summed E-state index contributed by atoms with van der Waals surface area (Å²) >= 11 is 0. The Kier molecular flexibility index (Phi) is 6.33. The van der Waals surface area contributed by atoms with Gasteiger partial charge in [-0.2, -0.15) is 0 Å². The summed E-state index contributed by atoms with van der Waals surface area (Å²) < 4.78 is 2.01. The molecule has 1 saturated carbocycles. The fourth-order valence-electron chi connectivity index (χ4n) is 3.77. The van der Waals surface area contributed by atoms with Gasteiger partial charge in [0.15, 0.2) is 0 Å². The lowest BCUT2D eigenvalue weighted by molar-refractivity contribution is 0.206. The molecule has 144 valence electrons. The van der Waals surface area contributed by atoms with Crippen molar-refractivity contribution in [1.29, 1.82) is 0 Å². The van der Waals surface area contributed by atoms with Crippen molar-refractivity contribution in [2.75, 3.05) is 0 Å². The highest BCUT2D eigenvalue weighted by Gasteiger charge is 2.26. The van der Waals surface area contributed by atoms with Gasteiger partial charge in [0.05, 0.1) is 17.4 Å². The summed E-state index contributed by atoms with van der Waals surface area (Å²) in [6.07, 6.45) is 7.21. The van der Waals surface area contributed by atoms with Crippen LogP contribution in [0.5, 0.6) is 0 Å². The van der Waals surface area contributed by atoms with Crippen molar-refractivity contribution in [2.45, 2.75) is 59.0 Å². The first kappa shape index (κ1) is 19.6. The molecular formula is C24H33N3. The molecule has 0 spiro atoms. The van der Waals surface area contributed by atoms with E-state index in [-0.39, 0.29) is 0 Å². The second kappa shape index (κ2) is 8.71. The standard InChI is InChI=1S/C16H25N.C8H8N2/c1-13-5-4-6-14(11-13)12-17-15-7-9-16(2,3)10-8-15;1-10-6-9-7-4-2-3-5-8(7)10/h4-6,11,15,17H,7-10,12H2,1-3H3;2-6H,1H3. The van der Waals surface area contributed by atoms with E-state index in [4.69, 9.17) is 0 Å². The highest BCUT2D eigenvalue weighted by molar-refractivity contribution is 5.74. The van der Waals surface area contributed by atoms with Crippen molar-refractivity contribution in [1.82, 2.24) is 14.9 Å². The van der Waals surface area contributed by atoms with Gasteiger partial charge in [-0.3, -0.25) is 0 Å². The average molecular weight is 364 g/mol. The molecule has 0 unspecified atom stereocenters. The zero-order chi connectivity index (χ0) is 19.3. The van der Waals surface area contributed by atoms with Gasteiger partial charge in [0.1, 0.15) is 0 Å². The zero-order valence-electron chi connectivity index (χ0n) is 17.2. The maximum atomic E-state index is 4.18. The molecule has 1 fully saturated rings. The second-order valence-corrected chi connectivity index (χ2v) is 8.65. The van der Waals surface area contributed by atoms with Crippen molar-refractivity contribution >= 4 is 11.0 Å². The third-order valence-electron chi connectivity index (χ3n) is 5.65. The van der Waals surface area contributed by atoms with Crippen LogP contribution in [0.4, 0.5) is 0 Å². The summed E-state index contributed by atoms with van der Waals surface area (Å²) in [5.41, 5.74) is 5.58. The largest absolute Gasteiger partial charge is 0.334 e. The Hall–Kier alpha value is -2.13. The van der Waals surface area contributed by atoms with Crippen LogP contribution in [0.2, 0.25) is 0 Å². The van der Waals surface area contributed by atoms with Gasteiger partial charge in [-0.15, -0.1) is 0 Å². The lowest BCUT2D eigenvalue weighted by Crippen LogP contribution is -2.35. The first-order chi connectivity index (χ1) is 12.9. The Morgan fingerprint density at radius 1 is 1.07 bits per heavy atom. The van der Waals surface area contributed by atoms with Gasteiger partial charge < -0.3 is 9.88 Å². The number of hydrogen-bond donors (Lipinski definition) is 1. The SMILES string of the molecule is Cc1cccc(CNC2CCC(C)(C)CC2)c1.Cn1cnc2ccccc21. The molecule has 27 heavy (non-hydrogen) atoms. The van der Waals surface area contributed by atoms with Gasteiger partial charge in [0, 0.05) is 19.6 Å². The second-order valence-electron chi connectivity index (χ2n) is 8.65. The van der Waals surface area contributed by atoms with Crippen LogP contribution >= 0.6 is 0 Å². The van der Waals surface area contributed by atoms with Crippen LogP contribution in [-0.2, 0) is 13.6 Å². The normalized spacial score (nSPS) is 16.7. The third kappa shape index (κ3) is 5.67. The number of nitrogens with zero attached hydrogens (tertiary/aromatic N) is 2. The molecule has 0 bridgehead atoms. The molecule has 0 saturated heterocycles. The summed E-state index contributed by atoms with van der Waals surface area (Å²) in [6, 6.07) is 17.6. The number of benzene rings is 2. The molecule has 1 aliphatic carbocycles. The number of fused-ring (bicyclic) bond motifs is 1. The lowest BCUT2D eigenvalue weighted by atomic mass is 9.75. The minimum absolute atomic E-state index is 0.571. The van der Waals surface area contributed by atoms with Crippen LogP contribution in [-0.4, -0.2) is 15.6 Å².